The summed E-state index contributed by atoms with van der Waals surface area (Å²) in [5, 5.41) is 8.92. The molecule has 0 aromatic heterocycles. The van der Waals surface area contributed by atoms with Crippen LogP contribution < -0.4 is 0 Å². The lowest BCUT2D eigenvalue weighted by molar-refractivity contribution is 0.623. The average molecular weight is 229 g/mol. The van der Waals surface area contributed by atoms with E-state index in [1.807, 2.05) is 0 Å². The standard InChI is InChI=1S/C14H9F2N/c1-9-5-10(7-11(15)6-9)12-3-2-4-14(16)13(12)8-17/h2-7H,1H3. The van der Waals surface area contributed by atoms with Crippen LogP contribution in [-0.4, -0.2) is 0 Å². The van der Waals surface area contributed by atoms with Gasteiger partial charge in [0.25, 0.3) is 0 Å². The number of rotatable bonds is 1. The van der Waals surface area contributed by atoms with Crippen LogP contribution >= 0.6 is 0 Å². The summed E-state index contributed by atoms with van der Waals surface area (Å²) in [4.78, 5) is 0. The maximum absolute atomic E-state index is 13.4. The SMILES string of the molecule is Cc1cc(F)cc(-c2cccc(F)c2C#N)c1. The minimum atomic E-state index is -0.591. The lowest BCUT2D eigenvalue weighted by Gasteiger charge is -2.06. The molecule has 0 heterocycles. The van der Waals surface area contributed by atoms with Crippen molar-refractivity contribution in [2.24, 2.45) is 0 Å². The molecule has 17 heavy (non-hydrogen) atoms. The molecule has 0 saturated carbocycles. The minimum Gasteiger partial charge on any atom is -0.207 e. The highest BCUT2D eigenvalue weighted by molar-refractivity contribution is 5.71. The van der Waals surface area contributed by atoms with E-state index >= 15 is 0 Å². The van der Waals surface area contributed by atoms with Crippen LogP contribution in [0, 0.1) is 29.9 Å². The number of nitriles is 1. The Morgan fingerprint density at radius 3 is 2.53 bits per heavy atom. The van der Waals surface area contributed by atoms with Gasteiger partial charge in [-0.2, -0.15) is 5.26 Å². The molecule has 0 aliphatic rings. The number of halogens is 2. The molecule has 2 aromatic rings. The van der Waals surface area contributed by atoms with Gasteiger partial charge >= 0.3 is 0 Å². The van der Waals surface area contributed by atoms with E-state index in [0.29, 0.717) is 11.1 Å². The summed E-state index contributed by atoms with van der Waals surface area (Å²) in [6, 6.07) is 10.5. The molecule has 0 fully saturated rings. The fraction of sp³-hybridized carbons (Fsp3) is 0.0714. The second-order valence-electron chi connectivity index (χ2n) is 3.79. The molecule has 0 N–H and O–H groups in total. The van der Waals surface area contributed by atoms with Gasteiger partial charge in [0.15, 0.2) is 0 Å². The van der Waals surface area contributed by atoms with Crippen LogP contribution in [-0.2, 0) is 0 Å². The molecule has 0 bridgehead atoms. The zero-order valence-electron chi connectivity index (χ0n) is 9.17. The van der Waals surface area contributed by atoms with E-state index in [9.17, 15) is 8.78 Å². The first-order valence-corrected chi connectivity index (χ1v) is 5.08. The monoisotopic (exact) mass is 229 g/mol. The van der Waals surface area contributed by atoms with E-state index in [1.54, 1.807) is 25.1 Å². The second-order valence-corrected chi connectivity index (χ2v) is 3.79. The molecule has 0 saturated heterocycles. The molecule has 0 radical (unpaired) electrons. The van der Waals surface area contributed by atoms with Gasteiger partial charge in [-0.25, -0.2) is 8.78 Å². The maximum Gasteiger partial charge on any atom is 0.141 e. The Morgan fingerprint density at radius 1 is 1.12 bits per heavy atom. The topological polar surface area (TPSA) is 23.8 Å². The summed E-state index contributed by atoms with van der Waals surface area (Å²) in [5.74, 6) is -0.986. The Bertz CT molecular complexity index is 592. The van der Waals surface area contributed by atoms with Gasteiger partial charge in [-0.3, -0.25) is 0 Å². The highest BCUT2D eigenvalue weighted by Crippen LogP contribution is 2.26. The van der Waals surface area contributed by atoms with Gasteiger partial charge in [-0.05, 0) is 36.2 Å². The van der Waals surface area contributed by atoms with Gasteiger partial charge in [-0.15, -0.1) is 0 Å². The average Bonchev–Trinajstić information content (AvgIpc) is 2.27. The fourth-order valence-electron chi connectivity index (χ4n) is 1.77. The van der Waals surface area contributed by atoms with Crippen LogP contribution in [0.5, 0.6) is 0 Å². The number of benzene rings is 2. The molecule has 0 aliphatic carbocycles. The number of nitrogens with zero attached hydrogens (tertiary/aromatic N) is 1. The molecule has 0 amide bonds. The molecular formula is C14H9F2N. The molecule has 84 valence electrons. The first-order chi connectivity index (χ1) is 8.11. The summed E-state index contributed by atoms with van der Waals surface area (Å²) in [6.45, 7) is 1.75. The van der Waals surface area contributed by atoms with Crippen molar-refractivity contribution in [1.82, 2.24) is 0 Å². The molecule has 2 rings (SSSR count). The molecule has 1 nitrogen and oxygen atoms in total. The van der Waals surface area contributed by atoms with Crippen molar-refractivity contribution in [1.29, 1.82) is 5.26 Å². The van der Waals surface area contributed by atoms with Gasteiger partial charge in [0.2, 0.25) is 0 Å². The van der Waals surface area contributed by atoms with Crippen molar-refractivity contribution in [3.05, 3.63) is 59.2 Å². The van der Waals surface area contributed by atoms with Crippen LogP contribution in [0.25, 0.3) is 11.1 Å². The lowest BCUT2D eigenvalue weighted by Crippen LogP contribution is -1.90. The van der Waals surface area contributed by atoms with Gasteiger partial charge in [0, 0.05) is 5.56 Å². The van der Waals surface area contributed by atoms with Crippen LogP contribution in [0.1, 0.15) is 11.1 Å². The largest absolute Gasteiger partial charge is 0.207 e. The fourth-order valence-corrected chi connectivity index (χ4v) is 1.77. The summed E-state index contributed by atoms with van der Waals surface area (Å²) < 4.78 is 26.7. The van der Waals surface area contributed by atoms with Crippen LogP contribution in [0.4, 0.5) is 8.78 Å². The van der Waals surface area contributed by atoms with Crippen molar-refractivity contribution >= 4 is 0 Å². The van der Waals surface area contributed by atoms with Gasteiger partial charge in [0.1, 0.15) is 17.7 Å². The summed E-state index contributed by atoms with van der Waals surface area (Å²) in [5.41, 5.74) is 1.60. The van der Waals surface area contributed by atoms with Gasteiger partial charge in [-0.1, -0.05) is 18.2 Å². The third-order valence-electron chi connectivity index (χ3n) is 2.48. The molecule has 0 spiro atoms. The quantitative estimate of drug-likeness (QED) is 0.729. The number of aryl methyl sites for hydroxylation is 1. The third kappa shape index (κ3) is 2.16. The minimum absolute atomic E-state index is 0.0579. The maximum atomic E-state index is 13.4. The van der Waals surface area contributed by atoms with Crippen molar-refractivity contribution in [2.75, 3.05) is 0 Å². The Labute approximate surface area is 97.9 Å². The number of hydrogen-bond donors (Lipinski definition) is 0. The Hall–Kier alpha value is -2.21. The van der Waals surface area contributed by atoms with Gasteiger partial charge in [0.05, 0.1) is 5.56 Å². The van der Waals surface area contributed by atoms with Crippen molar-refractivity contribution in [3.8, 4) is 17.2 Å². The number of hydrogen-bond acceptors (Lipinski definition) is 1. The normalized spacial score (nSPS) is 10.0. The first kappa shape index (κ1) is 11.3. The smallest absolute Gasteiger partial charge is 0.141 e. The highest BCUT2D eigenvalue weighted by Gasteiger charge is 2.10. The van der Waals surface area contributed by atoms with Crippen LogP contribution in [0.2, 0.25) is 0 Å². The lowest BCUT2D eigenvalue weighted by atomic mass is 9.98. The molecule has 0 aliphatic heterocycles. The van der Waals surface area contributed by atoms with Crippen molar-refractivity contribution < 1.29 is 8.78 Å². The van der Waals surface area contributed by atoms with E-state index in [2.05, 4.69) is 0 Å². The summed E-state index contributed by atoms with van der Waals surface area (Å²) >= 11 is 0. The molecule has 0 atom stereocenters. The predicted molar refractivity (Wildman–Crippen MR) is 61.2 cm³/mol. The van der Waals surface area contributed by atoms with Gasteiger partial charge < -0.3 is 0 Å². The van der Waals surface area contributed by atoms with E-state index in [1.165, 1.54) is 24.3 Å². The van der Waals surface area contributed by atoms with E-state index in [4.69, 9.17) is 5.26 Å². The van der Waals surface area contributed by atoms with E-state index in [-0.39, 0.29) is 5.56 Å². The predicted octanol–water partition coefficient (Wildman–Crippen LogP) is 3.81. The molecule has 0 unspecified atom stereocenters. The Kier molecular flexibility index (Phi) is 2.88. The highest BCUT2D eigenvalue weighted by atomic mass is 19.1. The zero-order chi connectivity index (χ0) is 12.4. The molecule has 3 heteroatoms. The molecule has 2 aromatic carbocycles. The van der Waals surface area contributed by atoms with Crippen LogP contribution in [0.3, 0.4) is 0 Å². The van der Waals surface area contributed by atoms with Crippen LogP contribution in [0.15, 0.2) is 36.4 Å². The van der Waals surface area contributed by atoms with Crippen molar-refractivity contribution in [3.63, 3.8) is 0 Å². The molecular weight excluding hydrogens is 220 g/mol. The van der Waals surface area contributed by atoms with Crippen molar-refractivity contribution in [2.45, 2.75) is 6.92 Å². The van der Waals surface area contributed by atoms with E-state index in [0.717, 1.165) is 5.56 Å². The zero-order valence-corrected chi connectivity index (χ0v) is 9.17. The third-order valence-corrected chi connectivity index (χ3v) is 2.48. The Morgan fingerprint density at radius 2 is 1.88 bits per heavy atom. The van der Waals surface area contributed by atoms with E-state index < -0.39 is 11.6 Å². The first-order valence-electron chi connectivity index (χ1n) is 5.08. The summed E-state index contributed by atoms with van der Waals surface area (Å²) in [6.07, 6.45) is 0. The Balaban J connectivity index is 2.69. The second kappa shape index (κ2) is 4.34. The summed E-state index contributed by atoms with van der Waals surface area (Å²) in [7, 11) is 0.